The molecule has 7 aromatic rings. The summed E-state index contributed by atoms with van der Waals surface area (Å²) >= 11 is 6.27. The number of nitrogens with one attached hydrogen (secondary N) is 1. The second-order valence-corrected chi connectivity index (χ2v) is 11.0. The molecule has 1 N–H and O–H groups in total. The highest BCUT2D eigenvalue weighted by molar-refractivity contribution is 6.30. The third kappa shape index (κ3) is 5.77. The van der Waals surface area contributed by atoms with Gasteiger partial charge in [0.25, 0.3) is 5.91 Å². The van der Waals surface area contributed by atoms with Crippen LogP contribution in [0.3, 0.4) is 0 Å². The molecule has 216 valence electrons. The smallest absolute Gasteiger partial charge is 0.272 e. The highest BCUT2D eigenvalue weighted by Gasteiger charge is 2.19. The van der Waals surface area contributed by atoms with Gasteiger partial charge in [0.1, 0.15) is 0 Å². The van der Waals surface area contributed by atoms with Gasteiger partial charge in [-0.25, -0.2) is 10.4 Å². The minimum Gasteiger partial charge on any atom is -0.309 e. The fourth-order valence-corrected chi connectivity index (χ4v) is 5.67. The number of hydrazone groups is 1. The van der Waals surface area contributed by atoms with Gasteiger partial charge in [0, 0.05) is 27.2 Å². The molecule has 5 nitrogen and oxygen atoms in total. The molecule has 0 bridgehead atoms. The molecule has 7 rings (SSSR count). The Labute approximate surface area is 266 Å². The summed E-state index contributed by atoms with van der Waals surface area (Å²) in [6, 6.07) is 49.5. The molecule has 5 aromatic carbocycles. The van der Waals surface area contributed by atoms with E-state index in [4.69, 9.17) is 16.6 Å². The number of halogens is 1. The summed E-state index contributed by atoms with van der Waals surface area (Å²) < 4.78 is 2.20. The maximum Gasteiger partial charge on any atom is 0.272 e. The number of aromatic nitrogens is 2. The molecule has 0 saturated heterocycles. The number of rotatable bonds is 7. The van der Waals surface area contributed by atoms with E-state index in [0.717, 1.165) is 55.9 Å². The Morgan fingerprint density at radius 3 is 1.98 bits per heavy atom. The van der Waals surface area contributed by atoms with E-state index in [1.807, 2.05) is 121 Å². The molecule has 0 radical (unpaired) electrons. The largest absolute Gasteiger partial charge is 0.309 e. The van der Waals surface area contributed by atoms with Crippen molar-refractivity contribution in [3.05, 3.63) is 168 Å². The molecule has 0 aliphatic rings. The zero-order valence-corrected chi connectivity index (χ0v) is 24.9. The number of hydrogen-bond acceptors (Lipinski definition) is 3. The van der Waals surface area contributed by atoms with E-state index in [9.17, 15) is 4.79 Å². The molecule has 0 atom stereocenters. The third-order valence-corrected chi connectivity index (χ3v) is 7.88. The van der Waals surface area contributed by atoms with E-state index in [1.165, 1.54) is 0 Å². The molecule has 0 aliphatic carbocycles. The van der Waals surface area contributed by atoms with Gasteiger partial charge in [-0.3, -0.25) is 4.79 Å². The number of amides is 1. The summed E-state index contributed by atoms with van der Waals surface area (Å²) in [4.78, 5) is 18.5. The average Bonchev–Trinajstić information content (AvgIpc) is 3.48. The van der Waals surface area contributed by atoms with Crippen LogP contribution in [0.4, 0.5) is 0 Å². The van der Waals surface area contributed by atoms with Gasteiger partial charge in [-0.15, -0.1) is 0 Å². The Morgan fingerprint density at radius 1 is 0.689 bits per heavy atom. The lowest BCUT2D eigenvalue weighted by Gasteiger charge is -2.15. The van der Waals surface area contributed by atoms with E-state index < -0.39 is 0 Å². The molecule has 6 heteroatoms. The number of carbonyl (C=O) groups is 1. The van der Waals surface area contributed by atoms with Crippen LogP contribution in [0.5, 0.6) is 0 Å². The van der Waals surface area contributed by atoms with Crippen LogP contribution in [0.15, 0.2) is 157 Å². The lowest BCUT2D eigenvalue weighted by Crippen LogP contribution is -2.18. The normalized spacial score (nSPS) is 11.2. The molecule has 0 fully saturated rings. The Bertz CT molecular complexity index is 2140. The summed E-state index contributed by atoms with van der Waals surface area (Å²) in [5, 5.41) is 5.91. The van der Waals surface area contributed by atoms with Crippen LogP contribution in [-0.2, 0) is 0 Å². The molecule has 45 heavy (non-hydrogen) atoms. The second kappa shape index (κ2) is 12.4. The summed E-state index contributed by atoms with van der Waals surface area (Å²) in [5.74, 6) is -0.316. The quantitative estimate of drug-likeness (QED) is 0.146. The van der Waals surface area contributed by atoms with E-state index in [1.54, 1.807) is 6.21 Å². The first kappa shape index (κ1) is 28.0. The number of nitrogens with zero attached hydrogens (tertiary/aromatic N) is 3. The second-order valence-electron chi connectivity index (χ2n) is 10.5. The summed E-state index contributed by atoms with van der Waals surface area (Å²) in [7, 11) is 0. The van der Waals surface area contributed by atoms with Gasteiger partial charge in [0.05, 0.1) is 34.4 Å². The van der Waals surface area contributed by atoms with Crippen molar-refractivity contribution in [2.45, 2.75) is 0 Å². The number of fused-ring (bicyclic) bond motifs is 1. The first-order chi connectivity index (χ1) is 22.2. The minimum absolute atomic E-state index is 0.316. The van der Waals surface area contributed by atoms with Gasteiger partial charge in [-0.1, -0.05) is 121 Å². The van der Waals surface area contributed by atoms with Crippen molar-refractivity contribution in [3.8, 4) is 39.5 Å². The number of benzene rings is 5. The molecular weight excluding hydrogens is 576 g/mol. The maximum absolute atomic E-state index is 13.7. The van der Waals surface area contributed by atoms with E-state index in [2.05, 4.69) is 45.4 Å². The standard InChI is InChI=1S/C39H27ClN4O/c40-31-20-22-32(23-21-31)44-37(28-14-6-2-7-15-28)24-30(38(44)29-16-8-3-9-17-29)26-41-43-39(45)34-25-36(27-12-4-1-5-13-27)42-35-19-11-10-18-33(34)35/h1-26H,(H,43,45)/b41-26-. The topological polar surface area (TPSA) is 59.3 Å². The first-order valence-corrected chi connectivity index (χ1v) is 14.9. The summed E-state index contributed by atoms with van der Waals surface area (Å²) in [6.45, 7) is 0. The van der Waals surface area contributed by atoms with Gasteiger partial charge in [0.15, 0.2) is 0 Å². The number of hydrogen-bond donors (Lipinski definition) is 1. The van der Waals surface area contributed by atoms with Crippen LogP contribution in [-0.4, -0.2) is 21.7 Å². The van der Waals surface area contributed by atoms with Gasteiger partial charge < -0.3 is 4.57 Å². The van der Waals surface area contributed by atoms with Crippen LogP contribution >= 0.6 is 11.6 Å². The van der Waals surface area contributed by atoms with Crippen molar-refractivity contribution < 1.29 is 4.79 Å². The molecule has 0 unspecified atom stereocenters. The van der Waals surface area contributed by atoms with Crippen LogP contribution in [0, 0.1) is 0 Å². The maximum atomic E-state index is 13.7. The Kier molecular flexibility index (Phi) is 7.75. The van der Waals surface area contributed by atoms with Crippen LogP contribution in [0.25, 0.3) is 50.4 Å². The monoisotopic (exact) mass is 602 g/mol. The van der Waals surface area contributed by atoms with Crippen LogP contribution < -0.4 is 5.43 Å². The zero-order valence-electron chi connectivity index (χ0n) is 24.1. The van der Waals surface area contributed by atoms with Crippen molar-refractivity contribution in [3.63, 3.8) is 0 Å². The summed E-state index contributed by atoms with van der Waals surface area (Å²) in [5.41, 5.74) is 11.5. The number of carbonyl (C=O) groups excluding carboxylic acids is 1. The number of para-hydroxylation sites is 1. The van der Waals surface area contributed by atoms with Gasteiger partial charge in [-0.05, 0) is 53.6 Å². The van der Waals surface area contributed by atoms with E-state index >= 15 is 0 Å². The fraction of sp³-hybridized carbons (Fsp3) is 0. The van der Waals surface area contributed by atoms with E-state index in [-0.39, 0.29) is 5.91 Å². The average molecular weight is 603 g/mol. The molecular formula is C39H27ClN4O. The van der Waals surface area contributed by atoms with Crippen molar-refractivity contribution >= 4 is 34.6 Å². The van der Waals surface area contributed by atoms with E-state index in [0.29, 0.717) is 10.6 Å². The highest BCUT2D eigenvalue weighted by Crippen LogP contribution is 2.35. The molecule has 0 aliphatic heterocycles. The predicted molar refractivity (Wildman–Crippen MR) is 184 cm³/mol. The first-order valence-electron chi connectivity index (χ1n) is 14.6. The third-order valence-electron chi connectivity index (χ3n) is 7.63. The van der Waals surface area contributed by atoms with Gasteiger partial charge in [-0.2, -0.15) is 5.10 Å². The van der Waals surface area contributed by atoms with Crippen molar-refractivity contribution in [2.24, 2.45) is 5.10 Å². The SMILES string of the molecule is O=C(N/N=C\c1cc(-c2ccccc2)n(-c2ccc(Cl)cc2)c1-c1ccccc1)c1cc(-c2ccccc2)nc2ccccc12. The van der Waals surface area contributed by atoms with Crippen LogP contribution in [0.2, 0.25) is 5.02 Å². The Morgan fingerprint density at radius 2 is 1.29 bits per heavy atom. The van der Waals surface area contributed by atoms with Crippen molar-refractivity contribution in [1.82, 2.24) is 15.0 Å². The lowest BCUT2D eigenvalue weighted by atomic mass is 10.0. The Hall–Kier alpha value is -5.78. The molecule has 2 aromatic heterocycles. The van der Waals surface area contributed by atoms with Crippen molar-refractivity contribution in [1.29, 1.82) is 0 Å². The van der Waals surface area contributed by atoms with Crippen molar-refractivity contribution in [2.75, 3.05) is 0 Å². The molecule has 2 heterocycles. The number of pyridine rings is 1. The Balaban J connectivity index is 1.31. The fourth-order valence-electron chi connectivity index (χ4n) is 5.54. The molecule has 1 amide bonds. The summed E-state index contributed by atoms with van der Waals surface area (Å²) in [6.07, 6.45) is 1.71. The molecule has 0 saturated carbocycles. The highest BCUT2D eigenvalue weighted by atomic mass is 35.5. The van der Waals surface area contributed by atoms with Gasteiger partial charge in [0.2, 0.25) is 0 Å². The zero-order chi connectivity index (χ0) is 30.6. The van der Waals surface area contributed by atoms with Gasteiger partial charge >= 0.3 is 0 Å². The molecule has 0 spiro atoms. The minimum atomic E-state index is -0.316. The van der Waals surface area contributed by atoms with Crippen LogP contribution in [0.1, 0.15) is 15.9 Å². The lowest BCUT2D eigenvalue weighted by molar-refractivity contribution is 0.0956. The predicted octanol–water partition coefficient (Wildman–Crippen LogP) is 9.44.